The summed E-state index contributed by atoms with van der Waals surface area (Å²) in [5.41, 5.74) is 5.34. The third-order valence-electron chi connectivity index (χ3n) is 4.98. The summed E-state index contributed by atoms with van der Waals surface area (Å²) in [6.07, 6.45) is 5.64. The highest BCUT2D eigenvalue weighted by molar-refractivity contribution is 7.71. The van der Waals surface area contributed by atoms with Gasteiger partial charge in [-0.15, -0.1) is 0 Å². The molecule has 0 radical (unpaired) electrons. The predicted octanol–water partition coefficient (Wildman–Crippen LogP) is 2.09. The van der Waals surface area contributed by atoms with Crippen LogP contribution in [0.2, 0.25) is 0 Å². The number of aryl methyl sites for hydroxylation is 1. The molecule has 1 atom stereocenters. The Morgan fingerprint density at radius 1 is 1.42 bits per heavy atom. The fourth-order valence-corrected chi connectivity index (χ4v) is 3.85. The summed E-state index contributed by atoms with van der Waals surface area (Å²) in [7, 11) is 0. The molecule has 7 nitrogen and oxygen atoms in total. The highest BCUT2D eigenvalue weighted by Crippen LogP contribution is 2.28. The van der Waals surface area contributed by atoms with Crippen molar-refractivity contribution in [3.05, 3.63) is 10.6 Å². The number of amides is 1. The first-order chi connectivity index (χ1) is 12.4. The van der Waals surface area contributed by atoms with Crippen LogP contribution in [0.4, 0.5) is 0 Å². The number of hydrogen-bond acceptors (Lipinski definition) is 5. The number of hydrogen-bond donors (Lipinski definition) is 1. The second-order valence-corrected chi connectivity index (χ2v) is 8.31. The molecule has 1 aromatic rings. The van der Waals surface area contributed by atoms with Crippen molar-refractivity contribution in [2.75, 3.05) is 13.2 Å². The summed E-state index contributed by atoms with van der Waals surface area (Å²) in [4.78, 5) is 13.7. The zero-order chi connectivity index (χ0) is 18.7. The number of ether oxygens (including phenoxy) is 1. The highest BCUT2D eigenvalue weighted by Gasteiger charge is 2.30. The Kier molecular flexibility index (Phi) is 6.47. The molecule has 1 saturated carbocycles. The fourth-order valence-electron chi connectivity index (χ4n) is 3.58. The minimum absolute atomic E-state index is 0.182. The van der Waals surface area contributed by atoms with Gasteiger partial charge in [0.2, 0.25) is 5.91 Å². The quantitative estimate of drug-likeness (QED) is 0.628. The van der Waals surface area contributed by atoms with Gasteiger partial charge < -0.3 is 15.0 Å². The number of carbonyl (C=O) groups is 1. The molecule has 1 amide bonds. The van der Waals surface area contributed by atoms with Crippen molar-refractivity contribution in [1.29, 1.82) is 0 Å². The normalized spacial score (nSPS) is 20.4. The van der Waals surface area contributed by atoms with E-state index in [-0.39, 0.29) is 18.4 Å². The van der Waals surface area contributed by atoms with Gasteiger partial charge in [-0.2, -0.15) is 5.10 Å². The molecular formula is C18H31N5O2S. The summed E-state index contributed by atoms with van der Waals surface area (Å²) >= 11 is 5.73. The number of nitrogens with two attached hydrogens (primary N) is 1. The zero-order valence-electron chi connectivity index (χ0n) is 15.9. The number of carbonyl (C=O) groups excluding carboxylic acids is 1. The molecule has 1 unspecified atom stereocenters. The number of aromatic nitrogens is 3. The van der Waals surface area contributed by atoms with E-state index in [1.165, 1.54) is 12.8 Å². The molecule has 146 valence electrons. The van der Waals surface area contributed by atoms with Crippen LogP contribution < -0.4 is 5.73 Å². The van der Waals surface area contributed by atoms with Crippen LogP contribution in [0.25, 0.3) is 0 Å². The average molecular weight is 382 g/mol. The van der Waals surface area contributed by atoms with Crippen LogP contribution >= 0.6 is 12.2 Å². The van der Waals surface area contributed by atoms with Crippen LogP contribution in [0.3, 0.4) is 0 Å². The van der Waals surface area contributed by atoms with Crippen LogP contribution in [0.1, 0.15) is 51.8 Å². The summed E-state index contributed by atoms with van der Waals surface area (Å²) in [6, 6.07) is 0.650. The van der Waals surface area contributed by atoms with Gasteiger partial charge in [0.15, 0.2) is 4.77 Å². The lowest BCUT2D eigenvalue weighted by Gasteiger charge is -2.23. The van der Waals surface area contributed by atoms with Gasteiger partial charge in [-0.1, -0.05) is 13.8 Å². The van der Waals surface area contributed by atoms with Crippen LogP contribution in [0, 0.1) is 10.7 Å². The minimum Gasteiger partial charge on any atom is -0.376 e. The Morgan fingerprint density at radius 3 is 2.77 bits per heavy atom. The van der Waals surface area contributed by atoms with E-state index in [1.807, 2.05) is 4.68 Å². The standard InChI is InChI=1S/C18H31N5O2S/c1-13(2)10-21(14-5-6-14)12-23-18(26)22(11-15-4-3-9-25-15)17(20-23)8-7-16(19)24/h13-15H,3-12H2,1-2H3,(H2,19,24). The Balaban J connectivity index is 1.79. The summed E-state index contributed by atoms with van der Waals surface area (Å²) in [6.45, 7) is 7.75. The Bertz CT molecular complexity index is 674. The van der Waals surface area contributed by atoms with Crippen molar-refractivity contribution < 1.29 is 9.53 Å². The number of primary amides is 1. The third kappa shape index (κ3) is 5.14. The van der Waals surface area contributed by atoms with Gasteiger partial charge in [-0.05, 0) is 43.8 Å². The summed E-state index contributed by atoms with van der Waals surface area (Å²) in [5, 5.41) is 4.75. The van der Waals surface area contributed by atoms with Gasteiger partial charge in [0.25, 0.3) is 0 Å². The molecule has 1 aromatic heterocycles. The van der Waals surface area contributed by atoms with Crippen LogP contribution in [-0.4, -0.2) is 50.5 Å². The minimum atomic E-state index is -0.312. The van der Waals surface area contributed by atoms with E-state index < -0.39 is 0 Å². The lowest BCUT2D eigenvalue weighted by atomic mass is 10.2. The van der Waals surface area contributed by atoms with Gasteiger partial charge in [-0.25, -0.2) is 4.68 Å². The molecule has 2 N–H and O–H groups in total. The Labute approximate surface area is 160 Å². The van der Waals surface area contributed by atoms with E-state index in [2.05, 4.69) is 23.3 Å². The number of nitrogens with zero attached hydrogens (tertiary/aromatic N) is 4. The van der Waals surface area contributed by atoms with Crippen LogP contribution in [-0.2, 0) is 29.2 Å². The van der Waals surface area contributed by atoms with Crippen LogP contribution in [0.5, 0.6) is 0 Å². The molecule has 8 heteroatoms. The van der Waals surface area contributed by atoms with Crippen molar-refractivity contribution >= 4 is 18.1 Å². The van der Waals surface area contributed by atoms with E-state index in [0.29, 0.717) is 31.6 Å². The molecule has 2 aliphatic rings. The van der Waals surface area contributed by atoms with Gasteiger partial charge in [0, 0.05) is 32.0 Å². The zero-order valence-corrected chi connectivity index (χ0v) is 16.7. The Hall–Kier alpha value is -1.25. The number of rotatable bonds is 10. The molecule has 2 heterocycles. The third-order valence-corrected chi connectivity index (χ3v) is 5.41. The molecule has 1 aliphatic heterocycles. The monoisotopic (exact) mass is 381 g/mol. The first-order valence-electron chi connectivity index (χ1n) is 9.74. The van der Waals surface area contributed by atoms with Gasteiger partial charge >= 0.3 is 0 Å². The van der Waals surface area contributed by atoms with Crippen molar-refractivity contribution in [3.8, 4) is 0 Å². The van der Waals surface area contributed by atoms with E-state index in [1.54, 1.807) is 0 Å². The second-order valence-electron chi connectivity index (χ2n) is 7.95. The maximum atomic E-state index is 11.2. The predicted molar refractivity (Wildman–Crippen MR) is 102 cm³/mol. The van der Waals surface area contributed by atoms with Gasteiger partial charge in [0.05, 0.1) is 19.3 Å². The summed E-state index contributed by atoms with van der Waals surface area (Å²) in [5.74, 6) is 1.13. The topological polar surface area (TPSA) is 78.3 Å². The first kappa shape index (κ1) is 19.5. The molecule has 0 spiro atoms. The average Bonchev–Trinajstić information content (AvgIpc) is 3.23. The maximum absolute atomic E-state index is 11.2. The van der Waals surface area contributed by atoms with Crippen molar-refractivity contribution in [3.63, 3.8) is 0 Å². The van der Waals surface area contributed by atoms with Gasteiger partial charge in [0.1, 0.15) is 5.82 Å². The lowest BCUT2D eigenvalue weighted by molar-refractivity contribution is -0.118. The smallest absolute Gasteiger partial charge is 0.217 e. The molecule has 26 heavy (non-hydrogen) atoms. The lowest BCUT2D eigenvalue weighted by Crippen LogP contribution is -2.32. The van der Waals surface area contributed by atoms with Gasteiger partial charge in [-0.3, -0.25) is 9.69 Å². The van der Waals surface area contributed by atoms with Crippen LogP contribution in [0.15, 0.2) is 0 Å². The molecule has 0 aromatic carbocycles. The second kappa shape index (κ2) is 8.63. The first-order valence-corrected chi connectivity index (χ1v) is 10.2. The maximum Gasteiger partial charge on any atom is 0.217 e. The van der Waals surface area contributed by atoms with Crippen molar-refractivity contribution in [1.82, 2.24) is 19.2 Å². The molecule has 1 aliphatic carbocycles. The Morgan fingerprint density at radius 2 is 2.19 bits per heavy atom. The fraction of sp³-hybridized carbons (Fsp3) is 0.833. The van der Waals surface area contributed by atoms with E-state index >= 15 is 0 Å². The summed E-state index contributed by atoms with van der Waals surface area (Å²) < 4.78 is 10.5. The highest BCUT2D eigenvalue weighted by atomic mass is 32.1. The van der Waals surface area contributed by atoms with Crippen molar-refractivity contribution in [2.24, 2.45) is 11.7 Å². The molecule has 2 fully saturated rings. The molecule has 3 rings (SSSR count). The van der Waals surface area contributed by atoms with E-state index in [4.69, 9.17) is 27.8 Å². The SMILES string of the molecule is CC(C)CN(Cn1nc(CCC(N)=O)n(CC2CCCO2)c1=S)C1CC1. The largest absolute Gasteiger partial charge is 0.376 e. The molecule has 0 bridgehead atoms. The molecule has 1 saturated heterocycles. The van der Waals surface area contributed by atoms with Crippen molar-refractivity contribution in [2.45, 2.75) is 77.7 Å². The molecular weight excluding hydrogens is 350 g/mol. The van der Waals surface area contributed by atoms with E-state index in [9.17, 15) is 4.79 Å². The van der Waals surface area contributed by atoms with E-state index in [0.717, 1.165) is 36.6 Å².